The van der Waals surface area contributed by atoms with Crippen LogP contribution in [0, 0.1) is 0 Å². The van der Waals surface area contributed by atoms with E-state index in [1.54, 1.807) is 38.5 Å². The van der Waals surface area contributed by atoms with E-state index >= 15 is 0 Å². The molecule has 2 amide bonds. The quantitative estimate of drug-likeness (QED) is 0.491. The maximum absolute atomic E-state index is 12.9. The highest BCUT2D eigenvalue weighted by molar-refractivity contribution is 6.31. The molecule has 0 spiro atoms. The fourth-order valence-electron chi connectivity index (χ4n) is 3.68. The van der Waals surface area contributed by atoms with Crippen molar-refractivity contribution in [2.75, 3.05) is 19.5 Å². The molecule has 0 radical (unpaired) electrons. The number of halogens is 1. The molecule has 0 aliphatic carbocycles. The summed E-state index contributed by atoms with van der Waals surface area (Å²) < 4.78 is 10.9. The summed E-state index contributed by atoms with van der Waals surface area (Å²) in [5, 5.41) is 6.25. The Morgan fingerprint density at radius 1 is 0.879 bits per heavy atom. The van der Waals surface area contributed by atoms with Gasteiger partial charge in [0, 0.05) is 16.4 Å². The topological polar surface area (TPSA) is 84.3 Å². The fourth-order valence-corrected chi connectivity index (χ4v) is 3.87. The van der Waals surface area contributed by atoms with Crippen LogP contribution in [0.4, 0.5) is 21.9 Å². The number of fused-ring (bicyclic) bond motifs is 1. The Kier molecular flexibility index (Phi) is 6.60. The van der Waals surface area contributed by atoms with Gasteiger partial charge in [-0.15, -0.1) is 0 Å². The third kappa shape index (κ3) is 4.99. The summed E-state index contributed by atoms with van der Waals surface area (Å²) in [5.74, 6) is 1.21. The number of methoxy groups -OCH3 is 2. The predicted molar refractivity (Wildman–Crippen MR) is 132 cm³/mol. The Balaban J connectivity index is 1.74. The van der Waals surface area contributed by atoms with Crippen molar-refractivity contribution in [2.45, 2.75) is 12.8 Å². The molecule has 4 rings (SSSR count). The van der Waals surface area contributed by atoms with Gasteiger partial charge in [-0.3, -0.25) is 10.3 Å². The summed E-state index contributed by atoms with van der Waals surface area (Å²) in [7, 11) is 3.17. The first kappa shape index (κ1) is 22.4. The smallest absolute Gasteiger partial charge is 0.324 e. The van der Waals surface area contributed by atoms with Crippen molar-refractivity contribution in [1.29, 1.82) is 0 Å². The zero-order valence-corrected chi connectivity index (χ0v) is 19.2. The highest BCUT2D eigenvalue weighted by atomic mass is 35.5. The van der Waals surface area contributed by atoms with Gasteiger partial charge in [0.25, 0.3) is 0 Å². The SMILES string of the molecule is COc1ccc(C2C(C)=Nc3ccccc3N=C2NC(=O)Nc2cccc(Cl)c2)cc1OC. The Hall–Kier alpha value is -3.84. The molecule has 8 heteroatoms. The fraction of sp³-hybridized carbons (Fsp3) is 0.160. The Morgan fingerprint density at radius 3 is 2.30 bits per heavy atom. The summed E-state index contributed by atoms with van der Waals surface area (Å²) in [6.07, 6.45) is 0. The Labute approximate surface area is 197 Å². The number of para-hydroxylation sites is 2. The average molecular weight is 463 g/mol. The van der Waals surface area contributed by atoms with E-state index in [0.717, 1.165) is 17.0 Å². The maximum Gasteiger partial charge on any atom is 0.324 e. The first-order valence-corrected chi connectivity index (χ1v) is 10.6. The van der Waals surface area contributed by atoms with E-state index in [-0.39, 0.29) is 0 Å². The van der Waals surface area contributed by atoms with Crippen LogP contribution in [0.3, 0.4) is 0 Å². The van der Waals surface area contributed by atoms with Gasteiger partial charge in [0.1, 0.15) is 5.84 Å². The number of rotatable bonds is 4. The van der Waals surface area contributed by atoms with Crippen molar-refractivity contribution in [3.63, 3.8) is 0 Å². The molecule has 0 aromatic heterocycles. The first-order valence-electron chi connectivity index (χ1n) is 10.3. The van der Waals surface area contributed by atoms with Crippen LogP contribution in [0.5, 0.6) is 11.5 Å². The molecule has 1 unspecified atom stereocenters. The van der Waals surface area contributed by atoms with E-state index in [1.165, 1.54) is 0 Å². The maximum atomic E-state index is 12.9. The van der Waals surface area contributed by atoms with Crippen molar-refractivity contribution >= 4 is 46.2 Å². The predicted octanol–water partition coefficient (Wildman–Crippen LogP) is 6.10. The molecule has 1 heterocycles. The van der Waals surface area contributed by atoms with Gasteiger partial charge < -0.3 is 14.8 Å². The van der Waals surface area contributed by atoms with Crippen molar-refractivity contribution in [3.05, 3.63) is 77.3 Å². The minimum atomic E-state index is -0.436. The largest absolute Gasteiger partial charge is 0.493 e. The second-order valence-electron chi connectivity index (χ2n) is 7.38. The molecule has 33 heavy (non-hydrogen) atoms. The molecule has 0 saturated carbocycles. The van der Waals surface area contributed by atoms with Crippen LogP contribution in [0.25, 0.3) is 0 Å². The number of ether oxygens (including phenoxy) is 2. The zero-order valence-electron chi connectivity index (χ0n) is 18.4. The van der Waals surface area contributed by atoms with E-state index in [9.17, 15) is 4.79 Å². The molecule has 168 valence electrons. The van der Waals surface area contributed by atoms with Gasteiger partial charge in [0.05, 0.1) is 31.5 Å². The van der Waals surface area contributed by atoms with Crippen LogP contribution < -0.4 is 20.1 Å². The van der Waals surface area contributed by atoms with Gasteiger partial charge in [-0.1, -0.05) is 35.9 Å². The second-order valence-corrected chi connectivity index (χ2v) is 7.81. The second kappa shape index (κ2) is 9.75. The monoisotopic (exact) mass is 462 g/mol. The Morgan fingerprint density at radius 2 is 1.61 bits per heavy atom. The molecule has 1 aliphatic rings. The van der Waals surface area contributed by atoms with Crippen LogP contribution in [-0.4, -0.2) is 31.8 Å². The molecule has 0 fully saturated rings. The normalized spacial score (nSPS) is 14.8. The van der Waals surface area contributed by atoms with Gasteiger partial charge in [-0.2, -0.15) is 0 Å². The minimum absolute atomic E-state index is 0.415. The molecule has 1 aliphatic heterocycles. The van der Waals surface area contributed by atoms with Crippen LogP contribution >= 0.6 is 11.6 Å². The molecule has 1 atom stereocenters. The number of anilines is 1. The number of aliphatic imine (C=N–C) groups is 2. The third-order valence-electron chi connectivity index (χ3n) is 5.18. The molecular weight excluding hydrogens is 440 g/mol. The van der Waals surface area contributed by atoms with Crippen molar-refractivity contribution in [3.8, 4) is 11.5 Å². The summed E-state index contributed by atoms with van der Waals surface area (Å²) in [6.45, 7) is 1.91. The number of nitrogens with zero attached hydrogens (tertiary/aromatic N) is 2. The minimum Gasteiger partial charge on any atom is -0.493 e. The van der Waals surface area contributed by atoms with Crippen LogP contribution in [-0.2, 0) is 0 Å². The van der Waals surface area contributed by atoms with Crippen molar-refractivity contribution in [2.24, 2.45) is 9.98 Å². The number of amidine groups is 1. The third-order valence-corrected chi connectivity index (χ3v) is 5.41. The highest BCUT2D eigenvalue weighted by Gasteiger charge is 2.27. The number of carbonyl (C=O) groups is 1. The number of urea groups is 1. The van der Waals surface area contributed by atoms with Gasteiger partial charge in [0.2, 0.25) is 0 Å². The van der Waals surface area contributed by atoms with E-state index in [1.807, 2.05) is 49.4 Å². The van der Waals surface area contributed by atoms with Gasteiger partial charge in [-0.25, -0.2) is 9.79 Å². The molecular formula is C25H23ClN4O3. The van der Waals surface area contributed by atoms with Gasteiger partial charge in [0.15, 0.2) is 11.5 Å². The zero-order chi connectivity index (χ0) is 23.4. The number of hydrogen-bond donors (Lipinski definition) is 2. The number of amides is 2. The summed E-state index contributed by atoms with van der Waals surface area (Å²) in [6, 6.07) is 19.6. The summed E-state index contributed by atoms with van der Waals surface area (Å²) >= 11 is 6.04. The number of nitrogens with one attached hydrogen (secondary N) is 2. The first-order chi connectivity index (χ1) is 16.0. The molecule has 0 bridgehead atoms. The van der Waals surface area contributed by atoms with E-state index in [2.05, 4.69) is 10.6 Å². The summed E-state index contributed by atoms with van der Waals surface area (Å²) in [4.78, 5) is 22.5. The molecule has 3 aromatic rings. The lowest BCUT2D eigenvalue weighted by Gasteiger charge is -2.21. The number of benzene rings is 3. The lowest BCUT2D eigenvalue weighted by atomic mass is 9.93. The van der Waals surface area contributed by atoms with Gasteiger partial charge >= 0.3 is 6.03 Å². The number of carbonyl (C=O) groups excluding carboxylic acids is 1. The molecule has 7 nitrogen and oxygen atoms in total. The standard InChI is InChI=1S/C25H23ClN4O3/c1-15-23(16-11-12-21(32-2)22(13-16)33-3)24(29-20-10-5-4-9-19(20)27-15)30-25(31)28-18-8-6-7-17(26)14-18/h4-14,23H,1-3H3,(H2,28,29,30,31). The Bertz CT molecular complexity index is 1260. The lowest BCUT2D eigenvalue weighted by molar-refractivity contribution is 0.256. The number of hydrogen-bond acceptors (Lipinski definition) is 5. The van der Waals surface area contributed by atoms with Crippen molar-refractivity contribution in [1.82, 2.24) is 5.32 Å². The summed E-state index contributed by atoms with van der Waals surface area (Å²) in [5.41, 5.74) is 3.59. The lowest BCUT2D eigenvalue weighted by Crippen LogP contribution is -2.39. The molecule has 2 N–H and O–H groups in total. The highest BCUT2D eigenvalue weighted by Crippen LogP contribution is 2.36. The average Bonchev–Trinajstić information content (AvgIpc) is 2.93. The van der Waals surface area contributed by atoms with E-state index in [0.29, 0.717) is 33.7 Å². The van der Waals surface area contributed by atoms with Crippen LogP contribution in [0.1, 0.15) is 18.4 Å². The van der Waals surface area contributed by atoms with Gasteiger partial charge in [-0.05, 0) is 55.0 Å². The van der Waals surface area contributed by atoms with E-state index < -0.39 is 11.9 Å². The molecule has 0 saturated heterocycles. The van der Waals surface area contributed by atoms with E-state index in [4.69, 9.17) is 31.1 Å². The van der Waals surface area contributed by atoms with Crippen LogP contribution in [0.2, 0.25) is 5.02 Å². The van der Waals surface area contributed by atoms with Crippen molar-refractivity contribution < 1.29 is 14.3 Å². The molecule has 3 aromatic carbocycles. The van der Waals surface area contributed by atoms with Crippen LogP contribution in [0.15, 0.2) is 76.7 Å².